The number of halogens is 3. The van der Waals surface area contributed by atoms with Gasteiger partial charge in [-0.15, -0.1) is 0 Å². The summed E-state index contributed by atoms with van der Waals surface area (Å²) in [5.41, 5.74) is 5.80. The van der Waals surface area contributed by atoms with Crippen molar-refractivity contribution in [3.05, 3.63) is 47.3 Å². The number of aromatic nitrogens is 2. The van der Waals surface area contributed by atoms with Crippen molar-refractivity contribution in [2.45, 2.75) is 44.9 Å². The van der Waals surface area contributed by atoms with Gasteiger partial charge >= 0.3 is 12.3 Å². The SMILES string of the molecule is COc1cc2nc(C)nc(NC(C)c3cc(N)cc(C(F)(F)F)c3)c2cc1OC(=O)N1CCC(N(C)C)CC1. The van der Waals surface area contributed by atoms with E-state index >= 15 is 0 Å². The van der Waals surface area contributed by atoms with Crippen LogP contribution < -0.4 is 20.5 Å². The molecule has 1 aliphatic rings. The molecule has 1 saturated heterocycles. The molecular formula is C27H33F3N6O3. The molecular weight excluding hydrogens is 513 g/mol. The predicted molar refractivity (Wildman–Crippen MR) is 143 cm³/mol. The van der Waals surface area contributed by atoms with E-state index in [-0.39, 0.29) is 11.4 Å². The van der Waals surface area contributed by atoms with Crippen LogP contribution >= 0.6 is 0 Å². The van der Waals surface area contributed by atoms with E-state index in [0.29, 0.717) is 53.0 Å². The largest absolute Gasteiger partial charge is 0.493 e. The summed E-state index contributed by atoms with van der Waals surface area (Å²) in [5, 5.41) is 3.69. The molecule has 2 heterocycles. The van der Waals surface area contributed by atoms with Gasteiger partial charge in [0, 0.05) is 36.3 Å². The van der Waals surface area contributed by atoms with Gasteiger partial charge < -0.3 is 30.3 Å². The Hall–Kier alpha value is -3.80. The van der Waals surface area contributed by atoms with E-state index in [1.54, 1.807) is 30.9 Å². The third-order valence-electron chi connectivity index (χ3n) is 6.90. The third kappa shape index (κ3) is 6.44. The number of likely N-dealkylation sites (tertiary alicyclic amines) is 1. The molecule has 0 saturated carbocycles. The van der Waals surface area contributed by atoms with Crippen molar-refractivity contribution in [3.63, 3.8) is 0 Å². The zero-order valence-electron chi connectivity index (χ0n) is 22.6. The van der Waals surface area contributed by atoms with Crippen molar-refractivity contribution in [2.24, 2.45) is 0 Å². The maximum Gasteiger partial charge on any atom is 0.416 e. The highest BCUT2D eigenvalue weighted by Gasteiger charge is 2.31. The molecule has 4 rings (SSSR count). The van der Waals surface area contributed by atoms with E-state index in [0.717, 1.165) is 25.0 Å². The molecule has 1 unspecified atom stereocenters. The minimum absolute atomic E-state index is 0.00533. The maximum atomic E-state index is 13.4. The molecule has 9 nitrogen and oxygen atoms in total. The van der Waals surface area contributed by atoms with Gasteiger partial charge in [-0.1, -0.05) is 0 Å². The normalized spacial score (nSPS) is 15.5. The number of aryl methyl sites for hydroxylation is 1. The van der Waals surface area contributed by atoms with E-state index in [1.807, 2.05) is 14.1 Å². The van der Waals surface area contributed by atoms with Crippen LogP contribution in [0.25, 0.3) is 10.9 Å². The first-order valence-electron chi connectivity index (χ1n) is 12.6. The van der Waals surface area contributed by atoms with Crippen LogP contribution in [0.5, 0.6) is 11.5 Å². The van der Waals surface area contributed by atoms with Crippen LogP contribution in [-0.4, -0.2) is 66.2 Å². The lowest BCUT2D eigenvalue weighted by Crippen LogP contribution is -2.45. The van der Waals surface area contributed by atoms with E-state index in [4.69, 9.17) is 15.2 Å². The second-order valence-corrected chi connectivity index (χ2v) is 9.94. The minimum atomic E-state index is -4.53. The molecule has 1 aliphatic heterocycles. The van der Waals surface area contributed by atoms with Gasteiger partial charge in [0.25, 0.3) is 0 Å². The van der Waals surface area contributed by atoms with Crippen molar-refractivity contribution in [1.82, 2.24) is 19.8 Å². The molecule has 210 valence electrons. The number of nitrogens with two attached hydrogens (primary N) is 1. The molecule has 12 heteroatoms. The summed E-state index contributed by atoms with van der Waals surface area (Å²) >= 11 is 0. The lowest BCUT2D eigenvalue weighted by Gasteiger charge is -2.34. The first-order valence-corrected chi connectivity index (χ1v) is 12.6. The fourth-order valence-electron chi connectivity index (χ4n) is 4.70. The van der Waals surface area contributed by atoms with Crippen LogP contribution in [0.3, 0.4) is 0 Å². The second kappa shape index (κ2) is 11.1. The number of benzene rings is 2. The van der Waals surface area contributed by atoms with Crippen LogP contribution in [-0.2, 0) is 6.18 Å². The minimum Gasteiger partial charge on any atom is -0.493 e. The number of carbonyl (C=O) groups is 1. The van der Waals surface area contributed by atoms with E-state index < -0.39 is 23.9 Å². The third-order valence-corrected chi connectivity index (χ3v) is 6.90. The van der Waals surface area contributed by atoms with Gasteiger partial charge in [-0.3, -0.25) is 0 Å². The van der Waals surface area contributed by atoms with E-state index in [2.05, 4.69) is 20.2 Å². The Morgan fingerprint density at radius 3 is 2.44 bits per heavy atom. The molecule has 39 heavy (non-hydrogen) atoms. The van der Waals surface area contributed by atoms with Crippen LogP contribution in [0.1, 0.15) is 42.8 Å². The lowest BCUT2D eigenvalue weighted by atomic mass is 10.0. The zero-order valence-corrected chi connectivity index (χ0v) is 22.6. The molecule has 0 aliphatic carbocycles. The number of alkyl halides is 3. The number of rotatable bonds is 6. The molecule has 0 spiro atoms. The molecule has 0 bridgehead atoms. The fourth-order valence-corrected chi connectivity index (χ4v) is 4.70. The highest BCUT2D eigenvalue weighted by atomic mass is 19.4. The van der Waals surface area contributed by atoms with Crippen molar-refractivity contribution in [2.75, 3.05) is 45.3 Å². The van der Waals surface area contributed by atoms with Crippen LogP contribution in [0.15, 0.2) is 30.3 Å². The average Bonchev–Trinajstić information content (AvgIpc) is 2.87. The van der Waals surface area contributed by atoms with Crippen molar-refractivity contribution < 1.29 is 27.4 Å². The summed E-state index contributed by atoms with van der Waals surface area (Å²) in [5.74, 6) is 1.32. The summed E-state index contributed by atoms with van der Waals surface area (Å²) in [4.78, 5) is 25.7. The summed E-state index contributed by atoms with van der Waals surface area (Å²) in [6.45, 7) is 4.56. The monoisotopic (exact) mass is 546 g/mol. The highest BCUT2D eigenvalue weighted by molar-refractivity contribution is 5.92. The number of hydrogen-bond acceptors (Lipinski definition) is 8. The molecule has 0 radical (unpaired) electrons. The highest BCUT2D eigenvalue weighted by Crippen LogP contribution is 2.37. The number of amides is 1. The topological polar surface area (TPSA) is 106 Å². The van der Waals surface area contributed by atoms with Gasteiger partial charge in [0.15, 0.2) is 11.5 Å². The Morgan fingerprint density at radius 1 is 1.13 bits per heavy atom. The van der Waals surface area contributed by atoms with Crippen LogP contribution in [0.2, 0.25) is 0 Å². The number of fused-ring (bicyclic) bond motifs is 1. The van der Waals surface area contributed by atoms with Gasteiger partial charge in [-0.05, 0) is 70.6 Å². The van der Waals surface area contributed by atoms with Crippen LogP contribution in [0.4, 0.5) is 29.5 Å². The number of nitrogen functional groups attached to an aromatic ring is 1. The van der Waals surface area contributed by atoms with Gasteiger partial charge in [0.1, 0.15) is 11.6 Å². The van der Waals surface area contributed by atoms with Crippen LogP contribution in [0, 0.1) is 6.92 Å². The standard InChI is InChI=1S/C27H33F3N6O3/c1-15(17-10-18(27(28,29)30)12-19(31)11-17)32-25-21-13-24(23(38-5)14-22(21)33-16(2)34-25)39-26(37)36-8-6-20(7-9-36)35(3)4/h10-15,20H,6-9,31H2,1-5H3,(H,32,33,34). The zero-order chi connectivity index (χ0) is 28.5. The fraction of sp³-hybridized carbons (Fsp3) is 0.444. The predicted octanol–water partition coefficient (Wildman–Crippen LogP) is 5.25. The summed E-state index contributed by atoms with van der Waals surface area (Å²) in [6, 6.07) is 6.51. The first-order chi connectivity index (χ1) is 18.3. The number of methoxy groups -OCH3 is 1. The van der Waals surface area contributed by atoms with Gasteiger partial charge in [0.2, 0.25) is 0 Å². The summed E-state index contributed by atoms with van der Waals surface area (Å²) in [7, 11) is 5.52. The van der Waals surface area contributed by atoms with Crippen molar-refractivity contribution >= 4 is 28.5 Å². The average molecular weight is 547 g/mol. The number of nitrogens with one attached hydrogen (secondary N) is 1. The van der Waals surface area contributed by atoms with Gasteiger partial charge in [-0.2, -0.15) is 13.2 Å². The Labute approximate surface area is 225 Å². The number of anilines is 2. The molecule has 1 aromatic heterocycles. The van der Waals surface area contributed by atoms with Gasteiger partial charge in [-0.25, -0.2) is 14.8 Å². The Morgan fingerprint density at radius 2 is 1.82 bits per heavy atom. The number of piperidine rings is 1. The molecule has 1 amide bonds. The quantitative estimate of drug-likeness (QED) is 0.404. The number of hydrogen-bond donors (Lipinski definition) is 2. The molecule has 2 aromatic carbocycles. The summed E-state index contributed by atoms with van der Waals surface area (Å²) in [6.07, 6.45) is -3.33. The number of ether oxygens (including phenoxy) is 2. The maximum absolute atomic E-state index is 13.4. The summed E-state index contributed by atoms with van der Waals surface area (Å²) < 4.78 is 51.3. The van der Waals surface area contributed by atoms with Crippen molar-refractivity contribution in [1.29, 1.82) is 0 Å². The molecule has 3 aromatic rings. The van der Waals surface area contributed by atoms with Crippen molar-refractivity contribution in [3.8, 4) is 11.5 Å². The Bertz CT molecular complexity index is 1360. The first kappa shape index (κ1) is 28.2. The molecule has 1 fully saturated rings. The Balaban J connectivity index is 1.63. The second-order valence-electron chi connectivity index (χ2n) is 9.94. The van der Waals surface area contributed by atoms with E-state index in [1.165, 1.54) is 13.2 Å². The lowest BCUT2D eigenvalue weighted by molar-refractivity contribution is -0.137. The van der Waals surface area contributed by atoms with E-state index in [9.17, 15) is 18.0 Å². The smallest absolute Gasteiger partial charge is 0.416 e. The molecule has 1 atom stereocenters. The molecule has 3 N–H and O–H groups in total. The van der Waals surface area contributed by atoms with Gasteiger partial charge in [0.05, 0.1) is 24.2 Å². The Kier molecular flexibility index (Phi) is 8.05. The number of carbonyl (C=O) groups excluding carboxylic acids is 1. The number of nitrogens with zero attached hydrogens (tertiary/aromatic N) is 4.